The Morgan fingerprint density at radius 1 is 0.967 bits per heavy atom. The number of hydrogen-bond donors (Lipinski definition) is 1. The van der Waals surface area contributed by atoms with Crippen LogP contribution in [0.25, 0.3) is 0 Å². The number of para-hydroxylation sites is 1. The predicted octanol–water partition coefficient (Wildman–Crippen LogP) is 4.43. The zero-order valence-electron chi connectivity index (χ0n) is 16.2. The third kappa shape index (κ3) is 5.01. The largest absolute Gasteiger partial charge is 0.335 e. The zero-order chi connectivity index (χ0) is 21.7. The molecule has 0 aromatic heterocycles. The van der Waals surface area contributed by atoms with Crippen LogP contribution in [0.1, 0.15) is 22.8 Å². The molecule has 0 saturated carbocycles. The van der Waals surface area contributed by atoms with Gasteiger partial charge in [0.05, 0.1) is 10.6 Å². The van der Waals surface area contributed by atoms with Gasteiger partial charge in [0.25, 0.3) is 15.9 Å². The van der Waals surface area contributed by atoms with Crippen LogP contribution < -0.4 is 4.72 Å². The second-order valence-corrected chi connectivity index (χ2v) is 8.24. The van der Waals surface area contributed by atoms with Gasteiger partial charge in [0.15, 0.2) is 0 Å². The van der Waals surface area contributed by atoms with Crippen LogP contribution in [0.15, 0.2) is 77.7 Å². The third-order valence-corrected chi connectivity index (χ3v) is 5.84. The molecule has 0 unspecified atom stereocenters. The van der Waals surface area contributed by atoms with Gasteiger partial charge < -0.3 is 4.90 Å². The molecule has 1 N–H and O–H groups in total. The van der Waals surface area contributed by atoms with Gasteiger partial charge in [-0.25, -0.2) is 17.2 Å². The molecule has 0 spiro atoms. The molecule has 156 valence electrons. The van der Waals surface area contributed by atoms with Crippen LogP contribution >= 0.6 is 0 Å². The highest BCUT2D eigenvalue weighted by Crippen LogP contribution is 2.20. The molecule has 3 aromatic rings. The Morgan fingerprint density at radius 2 is 1.67 bits per heavy atom. The molecule has 0 bridgehead atoms. The van der Waals surface area contributed by atoms with Crippen LogP contribution in [0.4, 0.5) is 14.5 Å². The number of amides is 1. The topological polar surface area (TPSA) is 66.5 Å². The van der Waals surface area contributed by atoms with Crippen molar-refractivity contribution in [2.45, 2.75) is 18.4 Å². The van der Waals surface area contributed by atoms with E-state index in [0.29, 0.717) is 12.1 Å². The van der Waals surface area contributed by atoms with Crippen molar-refractivity contribution in [3.63, 3.8) is 0 Å². The summed E-state index contributed by atoms with van der Waals surface area (Å²) in [6.07, 6.45) is 0. The van der Waals surface area contributed by atoms with E-state index in [0.717, 1.165) is 6.07 Å². The van der Waals surface area contributed by atoms with Crippen molar-refractivity contribution in [1.82, 2.24) is 4.90 Å². The van der Waals surface area contributed by atoms with Gasteiger partial charge in [0.2, 0.25) is 0 Å². The highest BCUT2D eigenvalue weighted by atomic mass is 32.2. The smallest absolute Gasteiger partial charge is 0.261 e. The summed E-state index contributed by atoms with van der Waals surface area (Å²) < 4.78 is 54.3. The molecule has 0 aliphatic rings. The number of carbonyl (C=O) groups excluding carboxylic acids is 1. The number of hydrogen-bond acceptors (Lipinski definition) is 3. The second kappa shape index (κ2) is 9.04. The first kappa shape index (κ1) is 21.4. The van der Waals surface area contributed by atoms with Crippen molar-refractivity contribution in [3.8, 4) is 0 Å². The van der Waals surface area contributed by atoms with Gasteiger partial charge in [-0.3, -0.25) is 9.52 Å². The van der Waals surface area contributed by atoms with E-state index in [4.69, 9.17) is 0 Å². The lowest BCUT2D eigenvalue weighted by molar-refractivity contribution is 0.0752. The van der Waals surface area contributed by atoms with Gasteiger partial charge in [0, 0.05) is 18.7 Å². The molecule has 3 aromatic carbocycles. The molecular weight excluding hydrogens is 410 g/mol. The van der Waals surface area contributed by atoms with E-state index < -0.39 is 15.8 Å². The van der Waals surface area contributed by atoms with Crippen molar-refractivity contribution in [1.29, 1.82) is 0 Å². The molecule has 5 nitrogen and oxygen atoms in total. The maximum Gasteiger partial charge on any atom is 0.261 e. The average Bonchev–Trinajstić information content (AvgIpc) is 2.73. The first-order valence-corrected chi connectivity index (χ1v) is 10.7. The lowest BCUT2D eigenvalue weighted by Crippen LogP contribution is -2.30. The Balaban J connectivity index is 1.76. The maximum absolute atomic E-state index is 13.7. The third-order valence-electron chi connectivity index (χ3n) is 4.46. The van der Waals surface area contributed by atoms with E-state index in [9.17, 15) is 22.0 Å². The SMILES string of the molecule is CCN(Cc1cccc(F)c1)C(=O)c1ccc(S(=O)(=O)Nc2ccccc2F)cc1. The molecule has 0 radical (unpaired) electrons. The molecule has 0 fully saturated rings. The molecule has 0 atom stereocenters. The summed E-state index contributed by atoms with van der Waals surface area (Å²) in [6.45, 7) is 2.42. The lowest BCUT2D eigenvalue weighted by atomic mass is 10.1. The monoisotopic (exact) mass is 430 g/mol. The van der Waals surface area contributed by atoms with Crippen LogP contribution in [0, 0.1) is 11.6 Å². The number of rotatable bonds is 7. The molecule has 1 amide bonds. The Morgan fingerprint density at radius 3 is 2.30 bits per heavy atom. The fraction of sp³-hybridized carbons (Fsp3) is 0.136. The second-order valence-electron chi connectivity index (χ2n) is 6.56. The maximum atomic E-state index is 13.7. The minimum absolute atomic E-state index is 0.101. The fourth-order valence-corrected chi connectivity index (χ4v) is 3.96. The number of anilines is 1. The molecule has 0 aliphatic carbocycles. The van der Waals surface area contributed by atoms with E-state index in [-0.39, 0.29) is 34.4 Å². The summed E-state index contributed by atoms with van der Waals surface area (Å²) in [4.78, 5) is 14.2. The van der Waals surface area contributed by atoms with Crippen molar-refractivity contribution >= 4 is 21.6 Å². The van der Waals surface area contributed by atoms with Gasteiger partial charge in [-0.15, -0.1) is 0 Å². The standard InChI is InChI=1S/C22H20F2N2O3S/c1-2-26(15-16-6-5-7-18(23)14-16)22(27)17-10-12-19(13-11-17)30(28,29)25-21-9-4-3-8-20(21)24/h3-14,25H,2,15H2,1H3. The quantitative estimate of drug-likeness (QED) is 0.603. The zero-order valence-corrected chi connectivity index (χ0v) is 17.0. The molecular formula is C22H20F2N2O3S. The minimum Gasteiger partial charge on any atom is -0.335 e. The first-order chi connectivity index (χ1) is 14.3. The van der Waals surface area contributed by atoms with Crippen molar-refractivity contribution < 1.29 is 22.0 Å². The number of nitrogens with zero attached hydrogens (tertiary/aromatic N) is 1. The molecule has 0 aliphatic heterocycles. The van der Waals surface area contributed by atoms with E-state index in [2.05, 4.69) is 4.72 Å². The average molecular weight is 430 g/mol. The molecule has 0 heterocycles. The number of benzene rings is 3. The molecule has 3 rings (SSSR count). The predicted molar refractivity (Wildman–Crippen MR) is 110 cm³/mol. The lowest BCUT2D eigenvalue weighted by Gasteiger charge is -2.21. The normalized spacial score (nSPS) is 11.2. The van der Waals surface area contributed by atoms with Crippen LogP contribution in [-0.4, -0.2) is 25.8 Å². The first-order valence-electron chi connectivity index (χ1n) is 9.21. The summed E-state index contributed by atoms with van der Waals surface area (Å²) >= 11 is 0. The summed E-state index contributed by atoms with van der Waals surface area (Å²) in [7, 11) is -4.01. The van der Waals surface area contributed by atoms with E-state index >= 15 is 0 Å². The number of nitrogens with one attached hydrogen (secondary N) is 1. The van der Waals surface area contributed by atoms with Gasteiger partial charge in [-0.2, -0.15) is 0 Å². The minimum atomic E-state index is -4.01. The van der Waals surface area contributed by atoms with Crippen LogP contribution in [0.5, 0.6) is 0 Å². The summed E-state index contributed by atoms with van der Waals surface area (Å²) in [5.41, 5.74) is 0.779. The Labute approximate surface area is 174 Å². The van der Waals surface area contributed by atoms with Crippen molar-refractivity contribution in [2.24, 2.45) is 0 Å². The highest BCUT2D eigenvalue weighted by molar-refractivity contribution is 7.92. The van der Waals surface area contributed by atoms with Crippen molar-refractivity contribution in [2.75, 3.05) is 11.3 Å². The summed E-state index contributed by atoms with van der Waals surface area (Å²) in [6, 6.07) is 16.8. The van der Waals surface area contributed by atoms with E-state index in [1.165, 1.54) is 59.5 Å². The number of sulfonamides is 1. The Bertz CT molecular complexity index is 1150. The van der Waals surface area contributed by atoms with Gasteiger partial charge in [-0.05, 0) is 61.0 Å². The Hall–Kier alpha value is -3.26. The molecule has 30 heavy (non-hydrogen) atoms. The van der Waals surface area contributed by atoms with E-state index in [1.807, 2.05) is 0 Å². The summed E-state index contributed by atoms with van der Waals surface area (Å²) in [5, 5.41) is 0. The number of halogens is 2. The fourth-order valence-electron chi connectivity index (χ4n) is 2.89. The van der Waals surface area contributed by atoms with Gasteiger partial charge in [0.1, 0.15) is 11.6 Å². The molecule has 8 heteroatoms. The van der Waals surface area contributed by atoms with Crippen molar-refractivity contribution in [3.05, 3.63) is 95.6 Å². The van der Waals surface area contributed by atoms with Crippen LogP contribution in [0.2, 0.25) is 0 Å². The molecule has 0 saturated heterocycles. The Kier molecular flexibility index (Phi) is 6.47. The van der Waals surface area contributed by atoms with Gasteiger partial charge in [-0.1, -0.05) is 24.3 Å². The van der Waals surface area contributed by atoms with Crippen LogP contribution in [0.3, 0.4) is 0 Å². The number of carbonyl (C=O) groups is 1. The highest BCUT2D eigenvalue weighted by Gasteiger charge is 2.19. The van der Waals surface area contributed by atoms with Gasteiger partial charge >= 0.3 is 0 Å². The van der Waals surface area contributed by atoms with E-state index in [1.54, 1.807) is 19.1 Å². The van der Waals surface area contributed by atoms with Crippen LogP contribution in [-0.2, 0) is 16.6 Å². The summed E-state index contributed by atoms with van der Waals surface area (Å²) in [5.74, 6) is -1.38.